The minimum absolute atomic E-state index is 0.0534. The molecule has 1 atom stereocenters. The highest BCUT2D eigenvalue weighted by molar-refractivity contribution is 5.84. The minimum Gasteiger partial charge on any atom is -0.340 e. The number of carbonyl (C=O) groups is 2. The molecule has 0 unspecified atom stereocenters. The molecule has 2 heterocycles. The van der Waals surface area contributed by atoms with E-state index in [0.717, 1.165) is 32.4 Å². The summed E-state index contributed by atoms with van der Waals surface area (Å²) in [6, 6.07) is 0.605. The summed E-state index contributed by atoms with van der Waals surface area (Å²) >= 11 is 0. The molecule has 3 aliphatic rings. The molecular weight excluding hydrogens is 304 g/mol. The average Bonchev–Trinajstić information content (AvgIpc) is 3.15. The number of carbonyl (C=O) groups excluding carboxylic acids is 2. The first-order valence-electron chi connectivity index (χ1n) is 9.78. The second-order valence-corrected chi connectivity index (χ2v) is 7.54. The van der Waals surface area contributed by atoms with Gasteiger partial charge in [-0.25, -0.2) is 4.79 Å². The first-order chi connectivity index (χ1) is 11.7. The van der Waals surface area contributed by atoms with Crippen molar-refractivity contribution >= 4 is 11.9 Å². The van der Waals surface area contributed by atoms with Gasteiger partial charge in [-0.15, -0.1) is 0 Å². The average molecular weight is 336 g/mol. The van der Waals surface area contributed by atoms with Gasteiger partial charge in [0.2, 0.25) is 5.91 Å². The number of rotatable bonds is 4. The van der Waals surface area contributed by atoms with Crippen molar-refractivity contribution in [2.24, 2.45) is 0 Å². The summed E-state index contributed by atoms with van der Waals surface area (Å²) in [6.07, 6.45) is 10.6. The molecule has 0 aromatic heterocycles. The van der Waals surface area contributed by atoms with Crippen LogP contribution in [-0.4, -0.2) is 66.5 Å². The molecule has 2 aliphatic heterocycles. The SMILES string of the molecule is O=C(NCC(=O)N1CCC[C@@H](N2CCCC2)C1)NC1CCCCC1. The van der Waals surface area contributed by atoms with Crippen molar-refractivity contribution in [1.82, 2.24) is 20.4 Å². The van der Waals surface area contributed by atoms with Gasteiger partial charge in [0, 0.05) is 25.2 Å². The summed E-state index contributed by atoms with van der Waals surface area (Å²) in [7, 11) is 0. The van der Waals surface area contributed by atoms with Gasteiger partial charge in [-0.1, -0.05) is 19.3 Å². The number of hydrogen-bond acceptors (Lipinski definition) is 3. The van der Waals surface area contributed by atoms with Crippen molar-refractivity contribution in [2.45, 2.75) is 69.9 Å². The van der Waals surface area contributed by atoms with Crippen LogP contribution in [0.3, 0.4) is 0 Å². The molecule has 3 rings (SSSR count). The number of nitrogens with one attached hydrogen (secondary N) is 2. The zero-order valence-corrected chi connectivity index (χ0v) is 14.8. The van der Waals surface area contributed by atoms with Crippen LogP contribution in [0.25, 0.3) is 0 Å². The van der Waals surface area contributed by atoms with E-state index in [4.69, 9.17) is 0 Å². The van der Waals surface area contributed by atoms with Crippen LogP contribution in [0.5, 0.6) is 0 Å². The predicted molar refractivity (Wildman–Crippen MR) is 93.8 cm³/mol. The molecule has 2 saturated heterocycles. The smallest absolute Gasteiger partial charge is 0.315 e. The number of likely N-dealkylation sites (tertiary alicyclic amines) is 2. The molecule has 0 aromatic carbocycles. The Balaban J connectivity index is 1.38. The van der Waals surface area contributed by atoms with E-state index in [9.17, 15) is 9.59 Å². The van der Waals surface area contributed by atoms with E-state index < -0.39 is 0 Å². The maximum atomic E-state index is 12.4. The normalized spacial score (nSPS) is 26.3. The zero-order chi connectivity index (χ0) is 16.8. The van der Waals surface area contributed by atoms with E-state index in [-0.39, 0.29) is 24.5 Å². The molecule has 6 nitrogen and oxygen atoms in total. The summed E-state index contributed by atoms with van der Waals surface area (Å²) in [5, 5.41) is 5.76. The van der Waals surface area contributed by atoms with Crippen molar-refractivity contribution in [3.63, 3.8) is 0 Å². The Kier molecular flexibility index (Phi) is 6.35. The maximum absolute atomic E-state index is 12.4. The van der Waals surface area contributed by atoms with Gasteiger partial charge in [0.1, 0.15) is 0 Å². The number of amides is 3. The highest BCUT2D eigenvalue weighted by Gasteiger charge is 2.29. The molecule has 6 heteroatoms. The first kappa shape index (κ1) is 17.5. The van der Waals surface area contributed by atoms with Crippen LogP contribution in [0.15, 0.2) is 0 Å². The Morgan fingerprint density at radius 2 is 1.62 bits per heavy atom. The molecular formula is C18H32N4O2. The Bertz CT molecular complexity index is 431. The Hall–Kier alpha value is -1.30. The molecule has 2 N–H and O–H groups in total. The lowest BCUT2D eigenvalue weighted by molar-refractivity contribution is -0.132. The highest BCUT2D eigenvalue weighted by Crippen LogP contribution is 2.20. The molecule has 3 fully saturated rings. The lowest BCUT2D eigenvalue weighted by Crippen LogP contribution is -2.52. The summed E-state index contributed by atoms with van der Waals surface area (Å²) in [4.78, 5) is 28.9. The van der Waals surface area contributed by atoms with Crippen molar-refractivity contribution < 1.29 is 9.59 Å². The summed E-state index contributed by atoms with van der Waals surface area (Å²) in [5.41, 5.74) is 0. The van der Waals surface area contributed by atoms with Crippen LogP contribution in [0.1, 0.15) is 57.8 Å². The van der Waals surface area contributed by atoms with Gasteiger partial charge in [-0.05, 0) is 51.6 Å². The number of nitrogens with zero attached hydrogens (tertiary/aromatic N) is 2. The largest absolute Gasteiger partial charge is 0.340 e. The number of hydrogen-bond donors (Lipinski definition) is 2. The Morgan fingerprint density at radius 1 is 0.875 bits per heavy atom. The molecule has 0 bridgehead atoms. The molecule has 24 heavy (non-hydrogen) atoms. The fraction of sp³-hybridized carbons (Fsp3) is 0.889. The predicted octanol–water partition coefficient (Wildman–Crippen LogP) is 1.71. The number of urea groups is 1. The van der Waals surface area contributed by atoms with Crippen LogP contribution in [0.2, 0.25) is 0 Å². The van der Waals surface area contributed by atoms with Gasteiger partial charge >= 0.3 is 6.03 Å². The Morgan fingerprint density at radius 3 is 2.38 bits per heavy atom. The van der Waals surface area contributed by atoms with Crippen LogP contribution < -0.4 is 10.6 Å². The molecule has 1 aliphatic carbocycles. The lowest BCUT2D eigenvalue weighted by atomic mass is 9.96. The summed E-state index contributed by atoms with van der Waals surface area (Å²) in [6.45, 7) is 4.12. The van der Waals surface area contributed by atoms with Crippen LogP contribution >= 0.6 is 0 Å². The first-order valence-corrected chi connectivity index (χ1v) is 9.78. The van der Waals surface area contributed by atoms with Crippen LogP contribution in [0.4, 0.5) is 4.79 Å². The molecule has 1 saturated carbocycles. The maximum Gasteiger partial charge on any atom is 0.315 e. The topological polar surface area (TPSA) is 64.7 Å². The van der Waals surface area contributed by atoms with Gasteiger partial charge in [0.15, 0.2) is 0 Å². The van der Waals surface area contributed by atoms with Gasteiger partial charge in [0.25, 0.3) is 0 Å². The molecule has 0 radical (unpaired) electrons. The second kappa shape index (κ2) is 8.70. The van der Waals surface area contributed by atoms with Crippen molar-refractivity contribution in [2.75, 3.05) is 32.7 Å². The van der Waals surface area contributed by atoms with E-state index in [2.05, 4.69) is 15.5 Å². The third-order valence-electron chi connectivity index (χ3n) is 5.75. The van der Waals surface area contributed by atoms with Crippen molar-refractivity contribution in [3.8, 4) is 0 Å². The van der Waals surface area contributed by atoms with E-state index in [1.165, 1.54) is 51.6 Å². The lowest BCUT2D eigenvalue weighted by Gasteiger charge is -2.37. The fourth-order valence-corrected chi connectivity index (χ4v) is 4.34. The van der Waals surface area contributed by atoms with E-state index in [1.54, 1.807) is 0 Å². The van der Waals surface area contributed by atoms with Crippen molar-refractivity contribution in [3.05, 3.63) is 0 Å². The van der Waals surface area contributed by atoms with Gasteiger partial charge in [0.05, 0.1) is 6.54 Å². The van der Waals surface area contributed by atoms with Gasteiger partial charge in [-0.3, -0.25) is 9.69 Å². The molecule has 136 valence electrons. The molecule has 0 spiro atoms. The van der Waals surface area contributed by atoms with E-state index in [0.29, 0.717) is 6.04 Å². The minimum atomic E-state index is -0.191. The molecule has 0 aromatic rings. The summed E-state index contributed by atoms with van der Waals surface area (Å²) in [5.74, 6) is 0.0534. The standard InChI is InChI=1S/C18H32N4O2/c23-17(13-19-18(24)20-15-7-2-1-3-8-15)22-12-6-9-16(14-22)21-10-4-5-11-21/h15-16H,1-14H2,(H2,19,20,24)/t16-/m1/s1. The number of piperidine rings is 1. The summed E-state index contributed by atoms with van der Waals surface area (Å²) < 4.78 is 0. The zero-order valence-electron chi connectivity index (χ0n) is 14.8. The monoisotopic (exact) mass is 336 g/mol. The van der Waals surface area contributed by atoms with E-state index in [1.807, 2.05) is 4.90 Å². The van der Waals surface area contributed by atoms with Crippen LogP contribution in [0, 0.1) is 0 Å². The molecule has 3 amide bonds. The third kappa shape index (κ3) is 4.85. The fourth-order valence-electron chi connectivity index (χ4n) is 4.34. The highest BCUT2D eigenvalue weighted by atomic mass is 16.2. The van der Waals surface area contributed by atoms with Crippen molar-refractivity contribution in [1.29, 1.82) is 0 Å². The second-order valence-electron chi connectivity index (χ2n) is 7.54. The van der Waals surface area contributed by atoms with Gasteiger partial charge < -0.3 is 15.5 Å². The third-order valence-corrected chi connectivity index (χ3v) is 5.75. The van der Waals surface area contributed by atoms with E-state index >= 15 is 0 Å². The quantitative estimate of drug-likeness (QED) is 0.821. The van der Waals surface area contributed by atoms with Gasteiger partial charge in [-0.2, -0.15) is 0 Å². The Labute approximate surface area is 145 Å². The van der Waals surface area contributed by atoms with Crippen LogP contribution in [-0.2, 0) is 4.79 Å².